The molecule has 0 spiro atoms. The second-order valence-electron chi connectivity index (χ2n) is 10.6. The number of ether oxygens (including phenoxy) is 2. The number of thiazole rings is 1. The van der Waals surface area contributed by atoms with Crippen LogP contribution in [-0.4, -0.2) is 83.5 Å². The lowest BCUT2D eigenvalue weighted by Gasteiger charge is -2.26. The van der Waals surface area contributed by atoms with Crippen LogP contribution in [0.5, 0.6) is 0 Å². The minimum absolute atomic E-state index is 0.0355. The third-order valence-electron chi connectivity index (χ3n) is 8.21. The first-order valence-corrected chi connectivity index (χ1v) is 15.7. The molecule has 4 aliphatic rings. The van der Waals surface area contributed by atoms with Gasteiger partial charge >= 0.3 is 0 Å². The van der Waals surface area contributed by atoms with Gasteiger partial charge in [-0.25, -0.2) is 18.1 Å². The van der Waals surface area contributed by atoms with Gasteiger partial charge in [0.05, 0.1) is 32.6 Å². The molecular formula is C27H36N4O4S2. The standard InChI is InChI=1S/C27H36N4O4S2/c32-37(33,25-19-28-27(36-25)31-10-14-35-15-11-31)29-26-22-5-6-23(26)18-24-16-20(3-4-21(24)17-22)2-1-7-30-8-12-34-13-9-30/h1-4,16,19,22-23,26,29H,5-15,17-18H2. The summed E-state index contributed by atoms with van der Waals surface area (Å²) in [6, 6.07) is 6.74. The Morgan fingerprint density at radius 1 is 1.00 bits per heavy atom. The van der Waals surface area contributed by atoms with Gasteiger partial charge in [-0.3, -0.25) is 4.90 Å². The predicted octanol–water partition coefficient (Wildman–Crippen LogP) is 2.80. The molecule has 8 nitrogen and oxygen atoms in total. The minimum atomic E-state index is -3.61. The van der Waals surface area contributed by atoms with Crippen molar-refractivity contribution >= 4 is 32.6 Å². The van der Waals surface area contributed by atoms with Crippen LogP contribution in [0, 0.1) is 11.8 Å². The zero-order valence-electron chi connectivity index (χ0n) is 21.2. The molecule has 2 aliphatic carbocycles. The third-order valence-corrected chi connectivity index (χ3v) is 11.2. The number of morpholine rings is 2. The Balaban J connectivity index is 1.13. The lowest BCUT2D eigenvalue weighted by Crippen LogP contribution is -2.41. The van der Waals surface area contributed by atoms with Gasteiger partial charge in [-0.1, -0.05) is 41.7 Å². The topological polar surface area (TPSA) is 84.0 Å². The van der Waals surface area contributed by atoms with Crippen LogP contribution >= 0.6 is 11.3 Å². The van der Waals surface area contributed by atoms with Gasteiger partial charge in [0.25, 0.3) is 10.0 Å². The third kappa shape index (κ3) is 5.79. The van der Waals surface area contributed by atoms with Gasteiger partial charge in [-0.05, 0) is 54.2 Å². The van der Waals surface area contributed by atoms with E-state index >= 15 is 0 Å². The van der Waals surface area contributed by atoms with Gasteiger partial charge in [0.1, 0.15) is 0 Å². The summed E-state index contributed by atoms with van der Waals surface area (Å²) in [5.41, 5.74) is 3.97. The van der Waals surface area contributed by atoms with Crippen molar-refractivity contribution in [1.82, 2.24) is 14.6 Å². The van der Waals surface area contributed by atoms with Gasteiger partial charge in [0, 0.05) is 38.8 Å². The predicted molar refractivity (Wildman–Crippen MR) is 146 cm³/mol. The zero-order chi connectivity index (χ0) is 25.2. The van der Waals surface area contributed by atoms with Crippen LogP contribution in [0.1, 0.15) is 29.5 Å². The van der Waals surface area contributed by atoms with E-state index in [1.807, 2.05) is 0 Å². The van der Waals surface area contributed by atoms with Crippen molar-refractivity contribution in [3.63, 3.8) is 0 Å². The summed E-state index contributed by atoms with van der Waals surface area (Å²) in [5, 5.41) is 0.758. The molecule has 2 aliphatic heterocycles. The number of benzene rings is 1. The van der Waals surface area contributed by atoms with E-state index in [4.69, 9.17) is 9.47 Å². The summed E-state index contributed by atoms with van der Waals surface area (Å²) in [4.78, 5) is 8.93. The SMILES string of the molecule is O=S(=O)(NC1C2CCC1Cc1cc(C=CCN3CCOCC3)ccc1C2)c1cnc(N2CCOCC2)s1. The number of nitrogens with one attached hydrogen (secondary N) is 1. The summed E-state index contributed by atoms with van der Waals surface area (Å²) in [6.45, 7) is 7.35. The second kappa shape index (κ2) is 11.1. The summed E-state index contributed by atoms with van der Waals surface area (Å²) in [5.74, 6) is 0.649. The highest BCUT2D eigenvalue weighted by Crippen LogP contribution is 2.41. The van der Waals surface area contributed by atoms with E-state index < -0.39 is 10.0 Å². The molecule has 3 atom stereocenters. The number of rotatable bonds is 7. The summed E-state index contributed by atoms with van der Waals surface area (Å²) in [7, 11) is -3.61. The molecule has 200 valence electrons. The maximum atomic E-state index is 13.4. The van der Waals surface area contributed by atoms with Crippen molar-refractivity contribution < 1.29 is 17.9 Å². The van der Waals surface area contributed by atoms with Crippen molar-refractivity contribution in [2.75, 3.05) is 64.1 Å². The molecule has 3 fully saturated rings. The van der Waals surface area contributed by atoms with E-state index in [1.54, 1.807) is 0 Å². The van der Waals surface area contributed by atoms with Crippen LogP contribution in [0.25, 0.3) is 6.08 Å². The first-order valence-electron chi connectivity index (χ1n) is 13.4. The van der Waals surface area contributed by atoms with Crippen molar-refractivity contribution in [3.05, 3.63) is 47.2 Å². The van der Waals surface area contributed by atoms with Crippen LogP contribution in [0.3, 0.4) is 0 Å². The van der Waals surface area contributed by atoms with Crippen LogP contribution < -0.4 is 9.62 Å². The first-order chi connectivity index (χ1) is 18.0. The summed E-state index contributed by atoms with van der Waals surface area (Å²) in [6.07, 6.45) is 9.96. The zero-order valence-corrected chi connectivity index (χ0v) is 22.8. The van der Waals surface area contributed by atoms with Crippen molar-refractivity contribution in [2.45, 2.75) is 35.9 Å². The van der Waals surface area contributed by atoms with E-state index in [0.29, 0.717) is 29.3 Å². The van der Waals surface area contributed by atoms with Gasteiger partial charge in [0.15, 0.2) is 9.34 Å². The van der Waals surface area contributed by atoms with Crippen molar-refractivity contribution in [3.8, 4) is 0 Å². The monoisotopic (exact) mass is 544 g/mol. The molecular weight excluding hydrogens is 508 g/mol. The number of nitrogens with zero attached hydrogens (tertiary/aromatic N) is 3. The van der Waals surface area contributed by atoms with Crippen molar-refractivity contribution in [1.29, 1.82) is 0 Å². The molecule has 0 amide bonds. The Bertz CT molecular complexity index is 1220. The Labute approximate surface area is 223 Å². The second-order valence-corrected chi connectivity index (χ2v) is 13.5. The number of hydrogen-bond donors (Lipinski definition) is 1. The molecule has 3 heterocycles. The number of sulfonamides is 1. The van der Waals surface area contributed by atoms with E-state index in [0.717, 1.165) is 76.8 Å². The summed E-state index contributed by atoms with van der Waals surface area (Å²) >= 11 is 1.26. The largest absolute Gasteiger partial charge is 0.379 e. The van der Waals surface area contributed by atoms with Gasteiger partial charge in [-0.2, -0.15) is 0 Å². The van der Waals surface area contributed by atoms with E-state index in [-0.39, 0.29) is 6.04 Å². The molecule has 2 aromatic rings. The highest BCUT2D eigenvalue weighted by Gasteiger charge is 2.41. The first kappa shape index (κ1) is 25.5. The van der Waals surface area contributed by atoms with Crippen LogP contribution in [-0.2, 0) is 32.3 Å². The highest BCUT2D eigenvalue weighted by molar-refractivity contribution is 7.91. The van der Waals surface area contributed by atoms with Crippen molar-refractivity contribution in [2.24, 2.45) is 11.8 Å². The van der Waals surface area contributed by atoms with E-state index in [1.165, 1.54) is 34.2 Å². The van der Waals surface area contributed by atoms with Gasteiger partial charge in [0.2, 0.25) is 0 Å². The normalized spacial score (nSPS) is 26.9. The lowest BCUT2D eigenvalue weighted by molar-refractivity contribution is 0.0435. The maximum Gasteiger partial charge on any atom is 0.252 e. The Morgan fingerprint density at radius 3 is 2.46 bits per heavy atom. The van der Waals surface area contributed by atoms with E-state index in [2.05, 4.69) is 49.9 Å². The Morgan fingerprint density at radius 2 is 1.70 bits per heavy atom. The number of fused-ring (bicyclic) bond motifs is 3. The minimum Gasteiger partial charge on any atom is -0.379 e. The van der Waals surface area contributed by atoms with E-state index in [9.17, 15) is 8.42 Å². The van der Waals surface area contributed by atoms with Gasteiger partial charge in [-0.15, -0.1) is 0 Å². The fourth-order valence-electron chi connectivity index (χ4n) is 6.16. The lowest BCUT2D eigenvalue weighted by atomic mass is 9.92. The molecule has 1 aromatic carbocycles. The molecule has 6 rings (SSSR count). The maximum absolute atomic E-state index is 13.4. The molecule has 10 heteroatoms. The smallest absolute Gasteiger partial charge is 0.252 e. The molecule has 1 saturated carbocycles. The molecule has 1 aromatic heterocycles. The Kier molecular flexibility index (Phi) is 7.65. The average molecular weight is 545 g/mol. The van der Waals surface area contributed by atoms with Crippen LogP contribution in [0.15, 0.2) is 34.7 Å². The molecule has 37 heavy (non-hydrogen) atoms. The van der Waals surface area contributed by atoms with Crippen LogP contribution in [0.2, 0.25) is 0 Å². The number of hydrogen-bond acceptors (Lipinski definition) is 8. The van der Waals surface area contributed by atoms with Gasteiger partial charge < -0.3 is 14.4 Å². The molecule has 2 saturated heterocycles. The van der Waals surface area contributed by atoms with Crippen LogP contribution in [0.4, 0.5) is 5.13 Å². The molecule has 3 unspecified atom stereocenters. The highest BCUT2D eigenvalue weighted by atomic mass is 32.2. The number of aromatic nitrogens is 1. The fourth-order valence-corrected chi connectivity index (χ4v) is 8.72. The quantitative estimate of drug-likeness (QED) is 0.574. The molecule has 0 radical (unpaired) electrons. The fraction of sp³-hybridized carbons (Fsp3) is 0.593. The number of anilines is 1. The molecule has 1 N–H and O–H groups in total. The molecule has 2 bridgehead atoms. The summed E-state index contributed by atoms with van der Waals surface area (Å²) < 4.78 is 41.1. The Hall–Kier alpha value is -1.82. The average Bonchev–Trinajstić information content (AvgIpc) is 3.51.